The largest absolute Gasteiger partial charge is 0.493 e. The summed E-state index contributed by atoms with van der Waals surface area (Å²) in [6.45, 7) is 0.742. The predicted molar refractivity (Wildman–Crippen MR) is 82.8 cm³/mol. The van der Waals surface area contributed by atoms with Crippen molar-refractivity contribution in [2.24, 2.45) is 5.73 Å². The van der Waals surface area contributed by atoms with Gasteiger partial charge in [0.15, 0.2) is 0 Å². The topological polar surface area (TPSA) is 65.2 Å². The summed E-state index contributed by atoms with van der Waals surface area (Å²) in [7, 11) is 0. The van der Waals surface area contributed by atoms with Crippen LogP contribution in [0.3, 0.4) is 0 Å². The summed E-state index contributed by atoms with van der Waals surface area (Å²) >= 11 is 1.38. The second-order valence-corrected chi connectivity index (χ2v) is 6.08. The number of hydrogen-bond acceptors (Lipinski definition) is 4. The van der Waals surface area contributed by atoms with Gasteiger partial charge in [0, 0.05) is 29.8 Å². The van der Waals surface area contributed by atoms with Gasteiger partial charge in [-0.1, -0.05) is 6.07 Å². The Kier molecular flexibility index (Phi) is 2.68. The van der Waals surface area contributed by atoms with Gasteiger partial charge in [0.2, 0.25) is 0 Å². The monoisotopic (exact) mass is 296 g/mol. The van der Waals surface area contributed by atoms with Gasteiger partial charge >= 0.3 is 0 Å². The number of carbonyl (C=O) groups is 1. The highest BCUT2D eigenvalue weighted by Crippen LogP contribution is 2.36. The molecule has 0 bridgehead atoms. The smallest absolute Gasteiger partial charge is 0.258 e. The quantitative estimate of drug-likeness (QED) is 0.790. The van der Waals surface area contributed by atoms with Gasteiger partial charge in [-0.25, -0.2) is 0 Å². The summed E-state index contributed by atoms with van der Waals surface area (Å²) in [5.74, 6) is 0.562. The van der Waals surface area contributed by atoms with Crippen molar-refractivity contribution in [3.05, 3.63) is 47.1 Å². The second kappa shape index (κ2) is 4.56. The number of nitrogens with zero attached hydrogens (tertiary/aromatic N) is 1. The fourth-order valence-electron chi connectivity index (χ4n) is 2.67. The number of pyridine rings is 1. The van der Waals surface area contributed by atoms with Crippen LogP contribution < -0.4 is 10.5 Å². The van der Waals surface area contributed by atoms with E-state index in [1.165, 1.54) is 16.9 Å². The normalized spacial score (nSPS) is 13.1. The van der Waals surface area contributed by atoms with Crippen molar-refractivity contribution < 1.29 is 9.53 Å². The minimum atomic E-state index is -0.399. The average Bonchev–Trinajstić information content (AvgIpc) is 3.12. The third-order valence-corrected chi connectivity index (χ3v) is 4.77. The Hall–Kier alpha value is -2.40. The lowest BCUT2D eigenvalue weighted by atomic mass is 10.0. The lowest BCUT2D eigenvalue weighted by Crippen LogP contribution is -2.08. The van der Waals surface area contributed by atoms with Crippen molar-refractivity contribution in [1.82, 2.24) is 4.98 Å². The Labute approximate surface area is 125 Å². The van der Waals surface area contributed by atoms with E-state index in [9.17, 15) is 4.79 Å². The molecule has 4 rings (SSSR count). The molecule has 1 aromatic carbocycles. The number of rotatable bonds is 2. The number of aromatic nitrogens is 1. The highest BCUT2D eigenvalue weighted by Gasteiger charge is 2.15. The van der Waals surface area contributed by atoms with E-state index in [0.29, 0.717) is 4.88 Å². The number of hydrogen-bond donors (Lipinski definition) is 1. The first-order chi connectivity index (χ1) is 10.2. The van der Waals surface area contributed by atoms with E-state index in [1.54, 1.807) is 6.20 Å². The van der Waals surface area contributed by atoms with Crippen molar-refractivity contribution in [3.63, 3.8) is 0 Å². The molecular weight excluding hydrogens is 284 g/mol. The van der Waals surface area contributed by atoms with Gasteiger partial charge in [0.1, 0.15) is 5.75 Å². The van der Waals surface area contributed by atoms with Crippen LogP contribution in [0.2, 0.25) is 0 Å². The highest BCUT2D eigenvalue weighted by atomic mass is 32.1. The van der Waals surface area contributed by atoms with Gasteiger partial charge in [-0.2, -0.15) is 0 Å². The maximum absolute atomic E-state index is 11.4. The Balaban J connectivity index is 1.91. The zero-order valence-corrected chi connectivity index (χ0v) is 11.9. The summed E-state index contributed by atoms with van der Waals surface area (Å²) < 4.78 is 6.51. The third-order valence-electron chi connectivity index (χ3n) is 3.69. The number of amides is 1. The number of nitrogens with two attached hydrogens (primary N) is 1. The molecule has 4 nitrogen and oxygen atoms in total. The standard InChI is InChI=1S/C16H12N2O2S/c17-16(19)14-6-11-12(7-18-8-15(11)21-14)9-1-2-13-10(5-9)3-4-20-13/h1-2,5-8H,3-4H2,(H2,17,19). The fraction of sp³-hybridized carbons (Fsp3) is 0.125. The Morgan fingerprint density at radius 1 is 1.29 bits per heavy atom. The fourth-order valence-corrected chi connectivity index (χ4v) is 3.57. The molecule has 0 spiro atoms. The number of fused-ring (bicyclic) bond motifs is 2. The van der Waals surface area contributed by atoms with Crippen molar-refractivity contribution in [2.75, 3.05) is 6.61 Å². The van der Waals surface area contributed by atoms with Gasteiger partial charge in [-0.15, -0.1) is 11.3 Å². The Morgan fingerprint density at radius 2 is 2.19 bits per heavy atom. The van der Waals surface area contributed by atoms with Crippen LogP contribution in [0.5, 0.6) is 5.75 Å². The first-order valence-electron chi connectivity index (χ1n) is 6.66. The van der Waals surface area contributed by atoms with Crippen LogP contribution in [0.1, 0.15) is 15.2 Å². The van der Waals surface area contributed by atoms with Crippen molar-refractivity contribution in [1.29, 1.82) is 0 Å². The van der Waals surface area contributed by atoms with Crippen molar-refractivity contribution >= 4 is 27.3 Å². The molecule has 0 radical (unpaired) electrons. The summed E-state index contributed by atoms with van der Waals surface area (Å²) in [5.41, 5.74) is 8.70. The zero-order valence-electron chi connectivity index (χ0n) is 11.1. The number of ether oxygens (including phenoxy) is 1. The van der Waals surface area contributed by atoms with Gasteiger partial charge in [-0.05, 0) is 29.3 Å². The SMILES string of the molecule is NC(=O)c1cc2c(-c3ccc4c(c3)CCO4)cncc2s1. The molecule has 5 heteroatoms. The molecule has 3 aromatic rings. The Bertz CT molecular complexity index is 870. The molecule has 2 aromatic heterocycles. The molecule has 1 aliphatic heterocycles. The summed E-state index contributed by atoms with van der Waals surface area (Å²) in [6, 6.07) is 8.02. The molecular formula is C16H12N2O2S. The Morgan fingerprint density at radius 3 is 3.05 bits per heavy atom. The molecule has 0 atom stereocenters. The molecule has 104 valence electrons. The maximum Gasteiger partial charge on any atom is 0.258 e. The van der Waals surface area contributed by atoms with Gasteiger partial charge in [-0.3, -0.25) is 9.78 Å². The van der Waals surface area contributed by atoms with Crippen LogP contribution in [-0.4, -0.2) is 17.5 Å². The number of primary amides is 1. The molecule has 0 saturated carbocycles. The predicted octanol–water partition coefficient (Wildman–Crippen LogP) is 3.00. The summed E-state index contributed by atoms with van der Waals surface area (Å²) in [4.78, 5) is 16.2. The van der Waals surface area contributed by atoms with E-state index in [-0.39, 0.29) is 0 Å². The molecule has 3 heterocycles. The van der Waals surface area contributed by atoms with Gasteiger partial charge in [0.25, 0.3) is 5.91 Å². The van der Waals surface area contributed by atoms with Crippen molar-refractivity contribution in [3.8, 4) is 16.9 Å². The first-order valence-corrected chi connectivity index (χ1v) is 7.47. The lowest BCUT2D eigenvalue weighted by Gasteiger charge is -2.05. The number of benzene rings is 1. The van der Waals surface area contributed by atoms with Crippen LogP contribution in [0.25, 0.3) is 21.2 Å². The molecule has 0 unspecified atom stereocenters. The molecule has 2 N–H and O–H groups in total. The number of thiophene rings is 1. The summed E-state index contributed by atoms with van der Waals surface area (Å²) in [6.07, 6.45) is 4.53. The lowest BCUT2D eigenvalue weighted by molar-refractivity contribution is 0.100. The molecule has 1 amide bonds. The number of carbonyl (C=O) groups excluding carboxylic acids is 1. The first kappa shape index (κ1) is 12.3. The minimum Gasteiger partial charge on any atom is -0.493 e. The molecule has 1 aliphatic rings. The average molecular weight is 296 g/mol. The molecule has 0 fully saturated rings. The van der Waals surface area contributed by atoms with Crippen LogP contribution in [0.15, 0.2) is 36.7 Å². The van der Waals surface area contributed by atoms with E-state index in [2.05, 4.69) is 11.1 Å². The van der Waals surface area contributed by atoms with E-state index in [0.717, 1.165) is 40.0 Å². The zero-order chi connectivity index (χ0) is 14.4. The van der Waals surface area contributed by atoms with E-state index in [1.807, 2.05) is 24.4 Å². The molecule has 0 saturated heterocycles. The van der Waals surface area contributed by atoms with Crippen molar-refractivity contribution in [2.45, 2.75) is 6.42 Å². The molecule has 0 aliphatic carbocycles. The van der Waals surface area contributed by atoms with E-state index < -0.39 is 5.91 Å². The van der Waals surface area contributed by atoms with Crippen LogP contribution in [-0.2, 0) is 6.42 Å². The maximum atomic E-state index is 11.4. The molecule has 21 heavy (non-hydrogen) atoms. The second-order valence-electron chi connectivity index (χ2n) is 4.99. The van der Waals surface area contributed by atoms with Gasteiger partial charge < -0.3 is 10.5 Å². The van der Waals surface area contributed by atoms with E-state index in [4.69, 9.17) is 10.5 Å². The van der Waals surface area contributed by atoms with Crippen LogP contribution in [0, 0.1) is 0 Å². The third kappa shape index (κ3) is 1.97. The van der Waals surface area contributed by atoms with Crippen LogP contribution in [0.4, 0.5) is 0 Å². The minimum absolute atomic E-state index is 0.399. The van der Waals surface area contributed by atoms with Gasteiger partial charge in [0.05, 0.1) is 16.2 Å². The van der Waals surface area contributed by atoms with Crippen LogP contribution >= 0.6 is 11.3 Å². The summed E-state index contributed by atoms with van der Waals surface area (Å²) in [5, 5.41) is 1.02. The van der Waals surface area contributed by atoms with E-state index >= 15 is 0 Å². The highest BCUT2D eigenvalue weighted by molar-refractivity contribution is 7.20.